The zero-order valence-corrected chi connectivity index (χ0v) is 15.9. The Hall–Kier alpha value is -1.92. The first-order chi connectivity index (χ1) is 12.6. The predicted octanol–water partition coefficient (Wildman–Crippen LogP) is 3.59. The summed E-state index contributed by atoms with van der Waals surface area (Å²) < 4.78 is 5.16. The van der Waals surface area contributed by atoms with Gasteiger partial charge in [-0.25, -0.2) is 0 Å². The Morgan fingerprint density at radius 2 is 2.04 bits per heavy atom. The van der Waals surface area contributed by atoms with Crippen molar-refractivity contribution in [2.45, 2.75) is 24.6 Å². The van der Waals surface area contributed by atoms with E-state index < -0.39 is 0 Å². The molecule has 1 aromatic carbocycles. The fourth-order valence-corrected chi connectivity index (χ4v) is 3.94. The molecule has 0 radical (unpaired) electrons. The zero-order chi connectivity index (χ0) is 18.4. The molecule has 2 amide bonds. The van der Waals surface area contributed by atoms with Gasteiger partial charge in [-0.15, -0.1) is 11.8 Å². The van der Waals surface area contributed by atoms with Gasteiger partial charge in [0.25, 0.3) is 5.91 Å². The molecule has 1 aliphatic heterocycles. The average Bonchev–Trinajstić information content (AvgIpc) is 3.16. The van der Waals surface area contributed by atoms with Gasteiger partial charge in [-0.05, 0) is 42.7 Å². The van der Waals surface area contributed by atoms with Gasteiger partial charge in [0.05, 0.1) is 12.0 Å². The third kappa shape index (κ3) is 5.29. The fourth-order valence-electron chi connectivity index (χ4n) is 2.94. The van der Waals surface area contributed by atoms with Gasteiger partial charge >= 0.3 is 0 Å². The van der Waals surface area contributed by atoms with Gasteiger partial charge in [-0.1, -0.05) is 23.7 Å². The molecule has 0 aliphatic carbocycles. The molecule has 1 saturated heterocycles. The Bertz CT molecular complexity index is 743. The normalized spacial score (nSPS) is 15.0. The minimum atomic E-state index is -0.0862. The monoisotopic (exact) mass is 392 g/mol. The molecule has 1 aromatic heterocycles. The summed E-state index contributed by atoms with van der Waals surface area (Å²) >= 11 is 7.53. The number of carbonyl (C=O) groups excluding carboxylic acids is 2. The topological polar surface area (TPSA) is 62.6 Å². The number of piperidine rings is 1. The first-order valence-electron chi connectivity index (χ1n) is 8.56. The second kappa shape index (κ2) is 9.14. The molecule has 0 spiro atoms. The van der Waals surface area contributed by atoms with E-state index in [2.05, 4.69) is 5.32 Å². The number of carbonyl (C=O) groups is 2. The smallest absolute Gasteiger partial charge is 0.289 e. The van der Waals surface area contributed by atoms with E-state index in [1.54, 1.807) is 28.8 Å². The zero-order valence-electron chi connectivity index (χ0n) is 14.3. The summed E-state index contributed by atoms with van der Waals surface area (Å²) in [6.45, 7) is 1.25. The maximum atomic E-state index is 12.2. The summed E-state index contributed by atoms with van der Waals surface area (Å²) in [6, 6.07) is 11.2. The van der Waals surface area contributed by atoms with Crippen LogP contribution in [0.5, 0.6) is 0 Å². The van der Waals surface area contributed by atoms with Crippen molar-refractivity contribution in [1.29, 1.82) is 0 Å². The summed E-state index contributed by atoms with van der Waals surface area (Å²) in [4.78, 5) is 26.1. The molecule has 2 heterocycles. The fraction of sp³-hybridized carbons (Fsp3) is 0.368. The molecular formula is C19H21ClN2O3S. The summed E-state index contributed by atoms with van der Waals surface area (Å²) in [5.74, 6) is 1.48. The molecule has 1 aliphatic rings. The average molecular weight is 393 g/mol. The quantitative estimate of drug-likeness (QED) is 0.816. The van der Waals surface area contributed by atoms with Crippen molar-refractivity contribution in [3.8, 4) is 0 Å². The van der Waals surface area contributed by atoms with Crippen LogP contribution in [-0.4, -0.2) is 41.6 Å². The second-order valence-electron chi connectivity index (χ2n) is 6.23. The van der Waals surface area contributed by atoms with Crippen LogP contribution in [0.15, 0.2) is 47.1 Å². The minimum absolute atomic E-state index is 0.0350. The number of thioether (sulfide) groups is 1. The van der Waals surface area contributed by atoms with Crippen molar-refractivity contribution in [2.75, 3.05) is 18.8 Å². The van der Waals surface area contributed by atoms with Gasteiger partial charge in [-0.2, -0.15) is 0 Å². The number of nitrogens with one attached hydrogen (secondary N) is 1. The number of amides is 2. The Kier molecular flexibility index (Phi) is 6.63. The number of hydrogen-bond acceptors (Lipinski definition) is 4. The molecule has 138 valence electrons. The minimum Gasteiger partial charge on any atom is -0.459 e. The van der Waals surface area contributed by atoms with Crippen LogP contribution in [0.25, 0.3) is 0 Å². The van der Waals surface area contributed by atoms with Gasteiger partial charge in [-0.3, -0.25) is 9.59 Å². The number of hydrogen-bond donors (Lipinski definition) is 1. The molecule has 7 heteroatoms. The Labute approximate surface area is 162 Å². The van der Waals surface area contributed by atoms with E-state index in [9.17, 15) is 9.59 Å². The van der Waals surface area contributed by atoms with Gasteiger partial charge in [0.15, 0.2) is 5.76 Å². The van der Waals surface area contributed by atoms with E-state index in [0.717, 1.165) is 24.2 Å². The largest absolute Gasteiger partial charge is 0.459 e. The summed E-state index contributed by atoms with van der Waals surface area (Å²) in [6.07, 6.45) is 3.02. The van der Waals surface area contributed by atoms with E-state index in [4.69, 9.17) is 16.0 Å². The lowest BCUT2D eigenvalue weighted by Crippen LogP contribution is -2.46. The number of likely N-dealkylation sites (tertiary alicyclic amines) is 1. The Morgan fingerprint density at radius 3 is 2.73 bits per heavy atom. The van der Waals surface area contributed by atoms with Crippen LogP contribution < -0.4 is 5.32 Å². The van der Waals surface area contributed by atoms with Crippen LogP contribution in [0.1, 0.15) is 29.0 Å². The molecule has 2 aromatic rings. The van der Waals surface area contributed by atoms with Crippen LogP contribution in [-0.2, 0) is 10.5 Å². The van der Waals surface area contributed by atoms with Crippen molar-refractivity contribution in [3.05, 3.63) is 59.0 Å². The summed E-state index contributed by atoms with van der Waals surface area (Å²) in [7, 11) is 0. The van der Waals surface area contributed by atoms with Gasteiger partial charge < -0.3 is 14.6 Å². The van der Waals surface area contributed by atoms with Gasteiger partial charge in [0, 0.05) is 29.9 Å². The summed E-state index contributed by atoms with van der Waals surface area (Å²) in [5, 5.41) is 3.78. The first-order valence-corrected chi connectivity index (χ1v) is 10.1. The molecule has 0 atom stereocenters. The van der Waals surface area contributed by atoms with Crippen LogP contribution in [0.3, 0.4) is 0 Å². The molecule has 1 fully saturated rings. The van der Waals surface area contributed by atoms with E-state index in [1.165, 1.54) is 6.26 Å². The SMILES string of the molecule is O=C(CSCc1cccc(Cl)c1)NC1CCN(C(=O)c2ccco2)CC1. The molecule has 0 saturated carbocycles. The first kappa shape index (κ1) is 18.9. The molecule has 0 bridgehead atoms. The number of halogens is 1. The van der Waals surface area contributed by atoms with Crippen LogP contribution in [0.2, 0.25) is 5.02 Å². The van der Waals surface area contributed by atoms with Crippen molar-refractivity contribution in [2.24, 2.45) is 0 Å². The van der Waals surface area contributed by atoms with Crippen molar-refractivity contribution < 1.29 is 14.0 Å². The molecule has 1 N–H and O–H groups in total. The van der Waals surface area contributed by atoms with E-state index >= 15 is 0 Å². The lowest BCUT2D eigenvalue weighted by Gasteiger charge is -2.31. The Morgan fingerprint density at radius 1 is 1.23 bits per heavy atom. The Balaban J connectivity index is 1.36. The molecule has 3 rings (SSSR count). The second-order valence-corrected chi connectivity index (χ2v) is 7.66. The third-order valence-electron chi connectivity index (χ3n) is 4.27. The van der Waals surface area contributed by atoms with Crippen molar-refractivity contribution in [3.63, 3.8) is 0 Å². The van der Waals surface area contributed by atoms with E-state index in [-0.39, 0.29) is 17.9 Å². The lowest BCUT2D eigenvalue weighted by molar-refractivity contribution is -0.119. The number of rotatable bonds is 6. The van der Waals surface area contributed by atoms with Crippen LogP contribution >= 0.6 is 23.4 Å². The van der Waals surface area contributed by atoms with Crippen molar-refractivity contribution in [1.82, 2.24) is 10.2 Å². The van der Waals surface area contributed by atoms with Crippen molar-refractivity contribution >= 4 is 35.2 Å². The molecular weight excluding hydrogens is 372 g/mol. The van der Waals surface area contributed by atoms with E-state index in [1.807, 2.05) is 24.3 Å². The highest BCUT2D eigenvalue weighted by atomic mass is 35.5. The highest BCUT2D eigenvalue weighted by molar-refractivity contribution is 7.99. The maximum Gasteiger partial charge on any atom is 0.289 e. The number of furan rings is 1. The van der Waals surface area contributed by atoms with Crippen LogP contribution in [0, 0.1) is 0 Å². The molecule has 0 unspecified atom stereocenters. The third-order valence-corrected chi connectivity index (χ3v) is 5.51. The molecule has 5 nitrogen and oxygen atoms in total. The standard InChI is InChI=1S/C19H21ClN2O3S/c20-15-4-1-3-14(11-15)12-26-13-18(23)21-16-6-8-22(9-7-16)19(24)17-5-2-10-25-17/h1-5,10-11,16H,6-9,12-13H2,(H,21,23). The van der Waals surface area contributed by atoms with E-state index in [0.29, 0.717) is 29.6 Å². The summed E-state index contributed by atoms with van der Waals surface area (Å²) in [5.41, 5.74) is 1.11. The number of nitrogens with zero attached hydrogens (tertiary/aromatic N) is 1. The van der Waals surface area contributed by atoms with Gasteiger partial charge in [0.1, 0.15) is 0 Å². The number of benzene rings is 1. The van der Waals surface area contributed by atoms with Gasteiger partial charge in [0.2, 0.25) is 5.91 Å². The molecule has 26 heavy (non-hydrogen) atoms. The highest BCUT2D eigenvalue weighted by Gasteiger charge is 2.25. The lowest BCUT2D eigenvalue weighted by atomic mass is 10.0. The predicted molar refractivity (Wildman–Crippen MR) is 103 cm³/mol. The van der Waals surface area contributed by atoms with Crippen LogP contribution in [0.4, 0.5) is 0 Å². The maximum absolute atomic E-state index is 12.2. The highest BCUT2D eigenvalue weighted by Crippen LogP contribution is 2.17.